The van der Waals surface area contributed by atoms with Gasteiger partial charge in [-0.2, -0.15) is 0 Å². The Balaban J connectivity index is 2.85. The lowest BCUT2D eigenvalue weighted by Gasteiger charge is -2.10. The van der Waals surface area contributed by atoms with E-state index in [1.165, 1.54) is 12.1 Å². The molecule has 0 amide bonds. The van der Waals surface area contributed by atoms with E-state index >= 15 is 0 Å². The van der Waals surface area contributed by atoms with Crippen LogP contribution in [0.2, 0.25) is 0 Å². The summed E-state index contributed by atoms with van der Waals surface area (Å²) in [4.78, 5) is 21.9. The maximum absolute atomic E-state index is 12.1. The van der Waals surface area contributed by atoms with Gasteiger partial charge >= 0.3 is 11.9 Å². The lowest BCUT2D eigenvalue weighted by atomic mass is 10.1. The van der Waals surface area contributed by atoms with E-state index in [1.807, 2.05) is 0 Å². The highest BCUT2D eigenvalue weighted by atomic mass is 32.2. The van der Waals surface area contributed by atoms with Gasteiger partial charge in [-0.3, -0.25) is 4.79 Å². The van der Waals surface area contributed by atoms with E-state index in [4.69, 9.17) is 5.11 Å². The molecule has 2 N–H and O–H groups in total. The van der Waals surface area contributed by atoms with Gasteiger partial charge < -0.3 is 9.84 Å². The quantitative estimate of drug-likeness (QED) is 0.724. The van der Waals surface area contributed by atoms with Gasteiger partial charge in [-0.25, -0.2) is 17.9 Å². The number of carboxylic acids is 1. The average molecular weight is 315 g/mol. The van der Waals surface area contributed by atoms with Gasteiger partial charge in [0.2, 0.25) is 10.0 Å². The van der Waals surface area contributed by atoms with Crippen molar-refractivity contribution in [3.8, 4) is 0 Å². The number of benzene rings is 1. The Bertz CT molecular complexity index is 638. The molecule has 0 aliphatic carbocycles. The van der Waals surface area contributed by atoms with Crippen molar-refractivity contribution >= 4 is 22.0 Å². The van der Waals surface area contributed by atoms with Gasteiger partial charge in [-0.1, -0.05) is 6.07 Å². The Morgan fingerprint density at radius 2 is 2.00 bits per heavy atom. The summed E-state index contributed by atoms with van der Waals surface area (Å²) in [5, 5.41) is 8.90. The molecule has 7 nitrogen and oxygen atoms in total. The number of carboxylic acid groups (broad SMARTS) is 1. The highest BCUT2D eigenvalue weighted by molar-refractivity contribution is 7.89. The molecular formula is C13H17NO6S. The van der Waals surface area contributed by atoms with Crippen LogP contribution < -0.4 is 4.72 Å². The van der Waals surface area contributed by atoms with Crippen molar-refractivity contribution in [3.63, 3.8) is 0 Å². The summed E-state index contributed by atoms with van der Waals surface area (Å²) < 4.78 is 31.2. The zero-order chi connectivity index (χ0) is 16.0. The summed E-state index contributed by atoms with van der Waals surface area (Å²) in [6, 6.07) is 3.84. The van der Waals surface area contributed by atoms with E-state index in [0.717, 1.165) is 6.07 Å². The van der Waals surface area contributed by atoms with Crippen molar-refractivity contribution in [2.75, 3.05) is 13.2 Å². The van der Waals surface area contributed by atoms with Crippen LogP contribution in [0.25, 0.3) is 0 Å². The molecule has 0 aromatic heterocycles. The number of aromatic carboxylic acids is 1. The van der Waals surface area contributed by atoms with Gasteiger partial charge in [0.25, 0.3) is 0 Å². The first-order chi connectivity index (χ1) is 9.77. The van der Waals surface area contributed by atoms with Gasteiger partial charge in [0, 0.05) is 6.54 Å². The van der Waals surface area contributed by atoms with Gasteiger partial charge in [-0.05, 0) is 31.5 Å². The molecule has 0 bridgehead atoms. The third-order valence-corrected chi connectivity index (χ3v) is 4.25. The minimum Gasteiger partial charge on any atom is -0.478 e. The first kappa shape index (κ1) is 17.1. The molecule has 21 heavy (non-hydrogen) atoms. The Hall–Kier alpha value is -1.93. The third-order valence-electron chi connectivity index (χ3n) is 2.65. The number of rotatable bonds is 7. The molecule has 0 atom stereocenters. The largest absolute Gasteiger partial charge is 0.478 e. The SMILES string of the molecule is CCOC(=O)CCNS(=O)(=O)c1cc(C(=O)O)ccc1C. The second-order valence-corrected chi connectivity index (χ2v) is 5.97. The number of nitrogens with one attached hydrogen (secondary N) is 1. The molecule has 116 valence electrons. The van der Waals surface area contributed by atoms with Gasteiger partial charge in [0.05, 0.1) is 23.5 Å². The first-order valence-electron chi connectivity index (χ1n) is 6.27. The number of carbonyl (C=O) groups is 2. The Kier molecular flexibility index (Phi) is 5.86. The van der Waals surface area contributed by atoms with Crippen molar-refractivity contribution in [2.24, 2.45) is 0 Å². The van der Waals surface area contributed by atoms with Crippen LogP contribution in [0.1, 0.15) is 29.3 Å². The topological polar surface area (TPSA) is 110 Å². The Morgan fingerprint density at radius 3 is 2.57 bits per heavy atom. The van der Waals surface area contributed by atoms with Gasteiger partial charge in [-0.15, -0.1) is 0 Å². The number of esters is 1. The van der Waals surface area contributed by atoms with Crippen molar-refractivity contribution in [1.29, 1.82) is 0 Å². The zero-order valence-corrected chi connectivity index (χ0v) is 12.6. The molecule has 0 aliphatic heterocycles. The van der Waals surface area contributed by atoms with Crippen LogP contribution in [0.5, 0.6) is 0 Å². The summed E-state index contributed by atoms with van der Waals surface area (Å²) in [6.07, 6.45) is -0.0925. The van der Waals surface area contributed by atoms with Gasteiger partial charge in [0.1, 0.15) is 0 Å². The molecule has 0 spiro atoms. The second kappa shape index (κ2) is 7.19. The molecule has 0 heterocycles. The smallest absolute Gasteiger partial charge is 0.335 e. The van der Waals surface area contributed by atoms with Crippen LogP contribution >= 0.6 is 0 Å². The maximum atomic E-state index is 12.1. The fraction of sp³-hybridized carbons (Fsp3) is 0.385. The van der Waals surface area contributed by atoms with Crippen molar-refractivity contribution < 1.29 is 27.9 Å². The number of hydrogen-bond donors (Lipinski definition) is 2. The van der Waals surface area contributed by atoms with Crippen LogP contribution in [-0.2, 0) is 19.6 Å². The molecule has 0 unspecified atom stereocenters. The number of aryl methyl sites for hydroxylation is 1. The van der Waals surface area contributed by atoms with E-state index in [1.54, 1.807) is 13.8 Å². The van der Waals surface area contributed by atoms with E-state index in [0.29, 0.717) is 5.56 Å². The number of carbonyl (C=O) groups excluding carboxylic acids is 1. The molecule has 0 aliphatic rings. The van der Waals surface area contributed by atoms with Crippen LogP contribution in [-0.4, -0.2) is 38.6 Å². The first-order valence-corrected chi connectivity index (χ1v) is 7.75. The highest BCUT2D eigenvalue weighted by Gasteiger charge is 2.19. The summed E-state index contributed by atoms with van der Waals surface area (Å²) in [7, 11) is -3.88. The second-order valence-electron chi connectivity index (χ2n) is 4.24. The molecule has 1 aromatic carbocycles. The lowest BCUT2D eigenvalue weighted by Crippen LogP contribution is -2.27. The third kappa shape index (κ3) is 4.83. The maximum Gasteiger partial charge on any atom is 0.335 e. The van der Waals surface area contributed by atoms with E-state index < -0.39 is 22.0 Å². The Labute approximate surface area is 123 Å². The summed E-state index contributed by atoms with van der Waals surface area (Å²) in [5.41, 5.74) is 0.301. The molecule has 8 heteroatoms. The van der Waals surface area contributed by atoms with E-state index in [-0.39, 0.29) is 30.0 Å². The standard InChI is InChI=1S/C13H17NO6S/c1-3-20-12(15)6-7-14-21(18,19)11-8-10(13(16)17)5-4-9(11)2/h4-5,8,14H,3,6-7H2,1-2H3,(H,16,17). The highest BCUT2D eigenvalue weighted by Crippen LogP contribution is 2.17. The van der Waals surface area contributed by atoms with Crippen LogP contribution in [0, 0.1) is 6.92 Å². The lowest BCUT2D eigenvalue weighted by molar-refractivity contribution is -0.142. The van der Waals surface area contributed by atoms with Crippen molar-refractivity contribution in [2.45, 2.75) is 25.2 Å². The summed E-state index contributed by atoms with van der Waals surface area (Å²) >= 11 is 0. The van der Waals surface area contributed by atoms with Gasteiger partial charge in [0.15, 0.2) is 0 Å². The molecule has 0 fully saturated rings. The molecule has 0 saturated heterocycles. The minimum absolute atomic E-state index is 0.0925. The minimum atomic E-state index is -3.88. The Morgan fingerprint density at radius 1 is 1.33 bits per heavy atom. The monoisotopic (exact) mass is 315 g/mol. The van der Waals surface area contributed by atoms with Crippen LogP contribution in [0.4, 0.5) is 0 Å². The fourth-order valence-corrected chi connectivity index (χ4v) is 2.92. The van der Waals surface area contributed by atoms with E-state index in [9.17, 15) is 18.0 Å². The molecule has 1 rings (SSSR count). The van der Waals surface area contributed by atoms with Crippen LogP contribution in [0.15, 0.2) is 23.1 Å². The molecule has 0 radical (unpaired) electrons. The molecular weight excluding hydrogens is 298 g/mol. The fourth-order valence-electron chi connectivity index (χ4n) is 1.62. The molecule has 1 aromatic rings. The predicted octanol–water partition coefficient (Wildman–Crippen LogP) is 0.925. The summed E-state index contributed by atoms with van der Waals surface area (Å²) in [6.45, 7) is 3.33. The number of sulfonamides is 1. The predicted molar refractivity (Wildman–Crippen MR) is 74.6 cm³/mol. The average Bonchev–Trinajstić information content (AvgIpc) is 2.38. The van der Waals surface area contributed by atoms with Crippen LogP contribution in [0.3, 0.4) is 0 Å². The van der Waals surface area contributed by atoms with Crippen molar-refractivity contribution in [1.82, 2.24) is 4.72 Å². The zero-order valence-electron chi connectivity index (χ0n) is 11.8. The van der Waals surface area contributed by atoms with E-state index in [2.05, 4.69) is 9.46 Å². The van der Waals surface area contributed by atoms with Crippen molar-refractivity contribution in [3.05, 3.63) is 29.3 Å². The number of hydrogen-bond acceptors (Lipinski definition) is 5. The number of ether oxygens (including phenoxy) is 1. The summed E-state index contributed by atoms with van der Waals surface area (Å²) in [5.74, 6) is -1.71. The molecule has 0 saturated carbocycles. The normalized spacial score (nSPS) is 11.1.